The number of aryl methyl sites for hydroxylation is 1. The van der Waals surface area contributed by atoms with Crippen LogP contribution in [0.25, 0.3) is 0 Å². The Kier molecular flexibility index (Phi) is 2.87. The lowest BCUT2D eigenvalue weighted by molar-refractivity contribution is 0.708. The smallest absolute Gasteiger partial charge is 0.255 e. The Hall–Kier alpha value is -1.32. The molecule has 0 saturated carbocycles. The summed E-state index contributed by atoms with van der Waals surface area (Å²) in [5, 5.41) is 0. The number of aromatic amines is 1. The topological polar surface area (TPSA) is 49.0 Å². The monoisotopic (exact) mass is 233 g/mol. The summed E-state index contributed by atoms with van der Waals surface area (Å²) in [5.41, 5.74) is 2.08. The van der Waals surface area contributed by atoms with E-state index in [9.17, 15) is 4.79 Å². The SMILES string of the molecule is O=c1[nH]c(N2CCCC2)nc2c1CCCCC2. The minimum atomic E-state index is 0.0961. The van der Waals surface area contributed by atoms with Crippen molar-refractivity contribution in [2.75, 3.05) is 18.0 Å². The Morgan fingerprint density at radius 1 is 1.00 bits per heavy atom. The maximum absolute atomic E-state index is 12.1. The van der Waals surface area contributed by atoms with Crippen LogP contribution in [0.5, 0.6) is 0 Å². The summed E-state index contributed by atoms with van der Waals surface area (Å²) in [6.07, 6.45) is 7.80. The predicted octanol–water partition coefficient (Wildman–Crippen LogP) is 1.64. The van der Waals surface area contributed by atoms with Gasteiger partial charge in [0, 0.05) is 18.7 Å². The number of hydrogen-bond acceptors (Lipinski definition) is 3. The molecule has 2 aliphatic rings. The van der Waals surface area contributed by atoms with Crippen LogP contribution in [0, 0.1) is 0 Å². The average Bonchev–Trinajstić information content (AvgIpc) is 2.75. The first kappa shape index (κ1) is 10.8. The molecule has 92 valence electrons. The van der Waals surface area contributed by atoms with E-state index in [1.807, 2.05) is 0 Å². The van der Waals surface area contributed by atoms with Crippen LogP contribution in [0.4, 0.5) is 5.95 Å². The highest BCUT2D eigenvalue weighted by molar-refractivity contribution is 5.34. The lowest BCUT2D eigenvalue weighted by Gasteiger charge is -2.17. The summed E-state index contributed by atoms with van der Waals surface area (Å²) < 4.78 is 0. The molecular formula is C13H19N3O. The molecule has 0 aromatic carbocycles. The van der Waals surface area contributed by atoms with Gasteiger partial charge in [0.1, 0.15) is 0 Å². The molecular weight excluding hydrogens is 214 g/mol. The van der Waals surface area contributed by atoms with E-state index in [0.717, 1.165) is 49.6 Å². The van der Waals surface area contributed by atoms with Gasteiger partial charge in [-0.2, -0.15) is 0 Å². The zero-order chi connectivity index (χ0) is 11.7. The summed E-state index contributed by atoms with van der Waals surface area (Å²) in [7, 11) is 0. The maximum Gasteiger partial charge on any atom is 0.255 e. The number of rotatable bonds is 1. The van der Waals surface area contributed by atoms with Gasteiger partial charge in [-0.1, -0.05) is 6.42 Å². The Morgan fingerprint density at radius 2 is 1.76 bits per heavy atom. The van der Waals surface area contributed by atoms with Gasteiger partial charge in [0.05, 0.1) is 5.69 Å². The number of anilines is 1. The average molecular weight is 233 g/mol. The molecule has 1 saturated heterocycles. The number of nitrogens with one attached hydrogen (secondary N) is 1. The molecule has 1 N–H and O–H groups in total. The molecule has 2 heterocycles. The maximum atomic E-state index is 12.1. The lowest BCUT2D eigenvalue weighted by atomic mass is 10.1. The van der Waals surface area contributed by atoms with Gasteiger partial charge in [0.25, 0.3) is 5.56 Å². The standard InChI is InChI=1S/C13H19N3O/c17-12-10-6-2-1-3-7-11(10)14-13(15-12)16-8-4-5-9-16/h1-9H2,(H,14,15,17). The van der Waals surface area contributed by atoms with E-state index in [0.29, 0.717) is 0 Å². The molecule has 17 heavy (non-hydrogen) atoms. The van der Waals surface area contributed by atoms with Crippen LogP contribution in [0.1, 0.15) is 43.4 Å². The molecule has 1 aromatic rings. The highest BCUT2D eigenvalue weighted by atomic mass is 16.1. The first-order chi connectivity index (χ1) is 8.34. The van der Waals surface area contributed by atoms with E-state index in [4.69, 9.17) is 0 Å². The van der Waals surface area contributed by atoms with Gasteiger partial charge in [0.15, 0.2) is 0 Å². The number of aromatic nitrogens is 2. The third-order valence-electron chi connectivity index (χ3n) is 3.83. The summed E-state index contributed by atoms with van der Waals surface area (Å²) in [6.45, 7) is 2.06. The van der Waals surface area contributed by atoms with Gasteiger partial charge in [-0.05, 0) is 38.5 Å². The largest absolute Gasteiger partial charge is 0.342 e. The highest BCUT2D eigenvalue weighted by Gasteiger charge is 2.19. The normalized spacial score (nSPS) is 20.1. The molecule has 3 rings (SSSR count). The van der Waals surface area contributed by atoms with Crippen LogP contribution >= 0.6 is 0 Å². The van der Waals surface area contributed by atoms with Crippen LogP contribution in [-0.2, 0) is 12.8 Å². The van der Waals surface area contributed by atoms with Crippen LogP contribution in [0.3, 0.4) is 0 Å². The first-order valence-electron chi connectivity index (χ1n) is 6.71. The Morgan fingerprint density at radius 3 is 2.59 bits per heavy atom. The van der Waals surface area contributed by atoms with Crippen molar-refractivity contribution in [1.29, 1.82) is 0 Å². The fraction of sp³-hybridized carbons (Fsp3) is 0.692. The van der Waals surface area contributed by atoms with Crippen LogP contribution in [0.15, 0.2) is 4.79 Å². The van der Waals surface area contributed by atoms with Crippen molar-refractivity contribution in [3.8, 4) is 0 Å². The quantitative estimate of drug-likeness (QED) is 0.750. The van der Waals surface area contributed by atoms with Crippen molar-refractivity contribution in [2.24, 2.45) is 0 Å². The third-order valence-corrected chi connectivity index (χ3v) is 3.83. The lowest BCUT2D eigenvalue weighted by Crippen LogP contribution is -2.26. The zero-order valence-corrected chi connectivity index (χ0v) is 10.2. The van der Waals surface area contributed by atoms with E-state index in [1.54, 1.807) is 0 Å². The highest BCUT2D eigenvalue weighted by Crippen LogP contribution is 2.19. The van der Waals surface area contributed by atoms with Gasteiger partial charge >= 0.3 is 0 Å². The number of fused-ring (bicyclic) bond motifs is 1. The fourth-order valence-electron chi connectivity index (χ4n) is 2.85. The Bertz CT molecular complexity index is 460. The molecule has 1 aliphatic heterocycles. The second kappa shape index (κ2) is 4.51. The summed E-state index contributed by atoms with van der Waals surface area (Å²) in [6, 6.07) is 0. The van der Waals surface area contributed by atoms with Gasteiger partial charge in [-0.25, -0.2) is 4.98 Å². The Labute approximate surface area is 101 Å². The second-order valence-corrected chi connectivity index (χ2v) is 5.07. The number of H-pyrrole nitrogens is 1. The van der Waals surface area contributed by atoms with E-state index in [-0.39, 0.29) is 5.56 Å². The number of hydrogen-bond donors (Lipinski definition) is 1. The molecule has 0 atom stereocenters. The first-order valence-corrected chi connectivity index (χ1v) is 6.71. The van der Waals surface area contributed by atoms with Gasteiger partial charge < -0.3 is 4.90 Å². The van der Waals surface area contributed by atoms with Crippen molar-refractivity contribution in [3.63, 3.8) is 0 Å². The summed E-state index contributed by atoms with van der Waals surface area (Å²) in [4.78, 5) is 21.9. The molecule has 0 spiro atoms. The van der Waals surface area contributed by atoms with E-state index in [2.05, 4.69) is 14.9 Å². The van der Waals surface area contributed by atoms with Crippen molar-refractivity contribution >= 4 is 5.95 Å². The molecule has 0 amide bonds. The minimum absolute atomic E-state index is 0.0961. The Balaban J connectivity index is 1.99. The van der Waals surface area contributed by atoms with Crippen molar-refractivity contribution in [2.45, 2.75) is 44.9 Å². The van der Waals surface area contributed by atoms with Crippen molar-refractivity contribution in [3.05, 3.63) is 21.6 Å². The summed E-state index contributed by atoms with van der Waals surface area (Å²) >= 11 is 0. The second-order valence-electron chi connectivity index (χ2n) is 5.07. The van der Waals surface area contributed by atoms with E-state index < -0.39 is 0 Å². The van der Waals surface area contributed by atoms with Crippen molar-refractivity contribution in [1.82, 2.24) is 9.97 Å². The molecule has 1 aliphatic carbocycles. The number of nitrogens with zero attached hydrogens (tertiary/aromatic N) is 2. The zero-order valence-electron chi connectivity index (χ0n) is 10.2. The van der Waals surface area contributed by atoms with Crippen LogP contribution in [-0.4, -0.2) is 23.1 Å². The molecule has 0 radical (unpaired) electrons. The molecule has 4 nitrogen and oxygen atoms in total. The molecule has 0 bridgehead atoms. The molecule has 0 unspecified atom stereocenters. The third kappa shape index (κ3) is 2.08. The van der Waals surface area contributed by atoms with E-state index >= 15 is 0 Å². The molecule has 1 aromatic heterocycles. The minimum Gasteiger partial charge on any atom is -0.342 e. The molecule has 1 fully saturated rings. The van der Waals surface area contributed by atoms with Gasteiger partial charge in [0.2, 0.25) is 5.95 Å². The predicted molar refractivity (Wildman–Crippen MR) is 67.6 cm³/mol. The molecule has 4 heteroatoms. The van der Waals surface area contributed by atoms with Crippen molar-refractivity contribution < 1.29 is 0 Å². The fourth-order valence-corrected chi connectivity index (χ4v) is 2.85. The van der Waals surface area contributed by atoms with Gasteiger partial charge in [-0.3, -0.25) is 9.78 Å². The van der Waals surface area contributed by atoms with Crippen LogP contribution < -0.4 is 10.5 Å². The van der Waals surface area contributed by atoms with Gasteiger partial charge in [-0.15, -0.1) is 0 Å². The summed E-state index contributed by atoms with van der Waals surface area (Å²) in [5.74, 6) is 0.799. The van der Waals surface area contributed by atoms with Crippen LogP contribution in [0.2, 0.25) is 0 Å². The van der Waals surface area contributed by atoms with E-state index in [1.165, 1.54) is 25.7 Å².